The van der Waals surface area contributed by atoms with Crippen molar-refractivity contribution < 1.29 is 8.42 Å². The molecule has 1 N–H and O–H groups in total. The third kappa shape index (κ3) is 5.37. The summed E-state index contributed by atoms with van der Waals surface area (Å²) in [5, 5.41) is 0.0607. The van der Waals surface area contributed by atoms with Gasteiger partial charge in [-0.25, -0.2) is 18.1 Å². The third-order valence-electron chi connectivity index (χ3n) is 2.04. The van der Waals surface area contributed by atoms with E-state index >= 15 is 0 Å². The average molecular weight is 339 g/mol. The SMILES string of the molecule is CSCCCCNS(=O)(=O)c1ccc(Br)cn1. The summed E-state index contributed by atoms with van der Waals surface area (Å²) in [4.78, 5) is 3.86. The molecule has 0 atom stereocenters. The molecule has 1 heterocycles. The first-order valence-corrected chi connectivity index (χ1v) is 8.83. The van der Waals surface area contributed by atoms with Gasteiger partial charge in [-0.05, 0) is 52.9 Å². The summed E-state index contributed by atoms with van der Waals surface area (Å²) in [6.45, 7) is 0.459. The molecule has 0 radical (unpaired) electrons. The normalized spacial score (nSPS) is 11.6. The Kier molecular flexibility index (Phi) is 6.47. The van der Waals surface area contributed by atoms with Crippen molar-refractivity contribution in [3.63, 3.8) is 0 Å². The summed E-state index contributed by atoms with van der Waals surface area (Å²) in [7, 11) is -3.45. The van der Waals surface area contributed by atoms with Crippen molar-refractivity contribution >= 4 is 37.7 Å². The molecular formula is C10H15BrN2O2S2. The van der Waals surface area contributed by atoms with Gasteiger partial charge < -0.3 is 0 Å². The number of sulfonamides is 1. The van der Waals surface area contributed by atoms with E-state index in [0.29, 0.717) is 6.54 Å². The molecule has 0 aliphatic carbocycles. The molecule has 0 saturated carbocycles. The van der Waals surface area contributed by atoms with Crippen LogP contribution in [0.3, 0.4) is 0 Å². The van der Waals surface area contributed by atoms with Crippen LogP contribution >= 0.6 is 27.7 Å². The van der Waals surface area contributed by atoms with Gasteiger partial charge in [-0.1, -0.05) is 0 Å². The molecule has 17 heavy (non-hydrogen) atoms. The van der Waals surface area contributed by atoms with E-state index in [1.54, 1.807) is 17.8 Å². The molecule has 0 aliphatic heterocycles. The molecule has 0 fully saturated rings. The van der Waals surface area contributed by atoms with Gasteiger partial charge in [0.2, 0.25) is 0 Å². The maximum Gasteiger partial charge on any atom is 0.258 e. The average Bonchev–Trinajstić information content (AvgIpc) is 2.29. The van der Waals surface area contributed by atoms with Crippen LogP contribution < -0.4 is 4.72 Å². The van der Waals surface area contributed by atoms with Crippen LogP contribution in [-0.4, -0.2) is 32.0 Å². The first kappa shape index (κ1) is 14.9. The summed E-state index contributed by atoms with van der Waals surface area (Å²) in [5.74, 6) is 1.05. The lowest BCUT2D eigenvalue weighted by atomic mass is 10.3. The van der Waals surface area contributed by atoms with E-state index in [2.05, 4.69) is 25.6 Å². The Hall–Kier alpha value is -0.110. The zero-order valence-electron chi connectivity index (χ0n) is 9.52. The number of hydrogen-bond acceptors (Lipinski definition) is 4. The number of nitrogens with one attached hydrogen (secondary N) is 1. The van der Waals surface area contributed by atoms with Crippen molar-refractivity contribution in [2.45, 2.75) is 17.9 Å². The zero-order chi connectivity index (χ0) is 12.7. The monoisotopic (exact) mass is 338 g/mol. The highest BCUT2D eigenvalue weighted by molar-refractivity contribution is 9.10. The van der Waals surface area contributed by atoms with Crippen LogP contribution in [-0.2, 0) is 10.0 Å². The van der Waals surface area contributed by atoms with Gasteiger partial charge in [0, 0.05) is 17.2 Å². The molecule has 0 saturated heterocycles. The van der Waals surface area contributed by atoms with Crippen molar-refractivity contribution in [1.29, 1.82) is 0 Å². The lowest BCUT2D eigenvalue weighted by molar-refractivity contribution is 0.574. The fourth-order valence-electron chi connectivity index (χ4n) is 1.17. The minimum atomic E-state index is -3.45. The van der Waals surface area contributed by atoms with E-state index in [1.165, 1.54) is 12.3 Å². The lowest BCUT2D eigenvalue weighted by Crippen LogP contribution is -2.25. The number of thioether (sulfide) groups is 1. The summed E-state index contributed by atoms with van der Waals surface area (Å²) >= 11 is 4.98. The number of aromatic nitrogens is 1. The fourth-order valence-corrected chi connectivity index (χ4v) is 2.90. The molecule has 1 aromatic rings. The standard InChI is InChI=1S/C10H15BrN2O2S2/c1-16-7-3-2-6-13-17(14,15)10-5-4-9(11)8-12-10/h4-5,8,13H,2-3,6-7H2,1H3. The zero-order valence-corrected chi connectivity index (χ0v) is 12.7. The molecule has 4 nitrogen and oxygen atoms in total. The summed E-state index contributed by atoms with van der Waals surface area (Å²) < 4.78 is 26.9. The molecule has 1 rings (SSSR count). The van der Waals surface area contributed by atoms with Crippen LogP contribution in [0.2, 0.25) is 0 Å². The topological polar surface area (TPSA) is 59.1 Å². The van der Waals surface area contributed by atoms with Gasteiger partial charge >= 0.3 is 0 Å². The van der Waals surface area contributed by atoms with E-state index in [9.17, 15) is 8.42 Å². The number of nitrogens with zero attached hydrogens (tertiary/aromatic N) is 1. The molecule has 0 bridgehead atoms. The van der Waals surface area contributed by atoms with E-state index in [-0.39, 0.29) is 5.03 Å². The molecule has 0 unspecified atom stereocenters. The number of halogens is 1. The van der Waals surface area contributed by atoms with Gasteiger partial charge in [-0.15, -0.1) is 0 Å². The lowest BCUT2D eigenvalue weighted by Gasteiger charge is -2.05. The second-order valence-corrected chi connectivity index (χ2v) is 7.03. The summed E-state index contributed by atoms with van der Waals surface area (Å²) in [6, 6.07) is 3.14. The third-order valence-corrected chi connectivity index (χ3v) is 4.59. The number of unbranched alkanes of at least 4 members (excludes halogenated alkanes) is 1. The minimum absolute atomic E-state index is 0.0607. The Bertz CT molecular complexity index is 434. The molecule has 1 aromatic heterocycles. The van der Waals surface area contributed by atoms with Gasteiger partial charge in [0.25, 0.3) is 10.0 Å². The number of hydrogen-bond donors (Lipinski definition) is 1. The summed E-state index contributed by atoms with van der Waals surface area (Å²) in [5.41, 5.74) is 0. The molecule has 0 spiro atoms. The second-order valence-electron chi connectivity index (χ2n) is 3.41. The van der Waals surface area contributed by atoms with Crippen molar-refractivity contribution in [3.8, 4) is 0 Å². The highest BCUT2D eigenvalue weighted by Gasteiger charge is 2.14. The molecule has 0 aliphatic rings. The highest BCUT2D eigenvalue weighted by Crippen LogP contribution is 2.11. The van der Waals surface area contributed by atoms with E-state index in [4.69, 9.17) is 0 Å². The predicted octanol–water partition coefficient (Wildman–Crippen LogP) is 2.27. The van der Waals surface area contributed by atoms with Gasteiger partial charge in [0.1, 0.15) is 0 Å². The van der Waals surface area contributed by atoms with Crippen LogP contribution in [0, 0.1) is 0 Å². The molecule has 7 heteroatoms. The van der Waals surface area contributed by atoms with Crippen LogP contribution in [0.1, 0.15) is 12.8 Å². The van der Waals surface area contributed by atoms with Gasteiger partial charge in [0.15, 0.2) is 5.03 Å². The predicted molar refractivity (Wildman–Crippen MR) is 74.7 cm³/mol. The number of pyridine rings is 1. The summed E-state index contributed by atoms with van der Waals surface area (Å²) in [6.07, 6.45) is 5.37. The maximum atomic E-state index is 11.8. The molecule has 0 aromatic carbocycles. The molecular weight excluding hydrogens is 324 g/mol. The smallest absolute Gasteiger partial charge is 0.242 e. The largest absolute Gasteiger partial charge is 0.258 e. The van der Waals surface area contributed by atoms with Crippen molar-refractivity contribution in [3.05, 3.63) is 22.8 Å². The van der Waals surface area contributed by atoms with Crippen molar-refractivity contribution in [2.24, 2.45) is 0 Å². The first-order valence-electron chi connectivity index (χ1n) is 5.16. The molecule has 0 amide bonds. The Morgan fingerprint density at radius 1 is 1.41 bits per heavy atom. The van der Waals surface area contributed by atoms with E-state index < -0.39 is 10.0 Å². The Morgan fingerprint density at radius 3 is 2.76 bits per heavy atom. The van der Waals surface area contributed by atoms with Crippen molar-refractivity contribution in [2.75, 3.05) is 18.6 Å². The fraction of sp³-hybridized carbons (Fsp3) is 0.500. The van der Waals surface area contributed by atoms with Crippen molar-refractivity contribution in [1.82, 2.24) is 9.71 Å². The Morgan fingerprint density at radius 2 is 2.18 bits per heavy atom. The Balaban J connectivity index is 2.48. The van der Waals surface area contributed by atoms with Crippen LogP contribution in [0.4, 0.5) is 0 Å². The van der Waals surface area contributed by atoms with Crippen LogP contribution in [0.25, 0.3) is 0 Å². The quantitative estimate of drug-likeness (QED) is 0.774. The second kappa shape index (κ2) is 7.35. The highest BCUT2D eigenvalue weighted by atomic mass is 79.9. The number of rotatable bonds is 7. The maximum absolute atomic E-state index is 11.8. The van der Waals surface area contributed by atoms with Gasteiger partial charge in [0.05, 0.1) is 0 Å². The van der Waals surface area contributed by atoms with Gasteiger partial charge in [-0.2, -0.15) is 11.8 Å². The Labute approximate surface area is 115 Å². The minimum Gasteiger partial charge on any atom is -0.242 e. The molecule has 96 valence electrons. The van der Waals surface area contributed by atoms with Crippen LogP contribution in [0.15, 0.2) is 27.8 Å². The van der Waals surface area contributed by atoms with Crippen LogP contribution in [0.5, 0.6) is 0 Å². The first-order chi connectivity index (χ1) is 8.06. The van der Waals surface area contributed by atoms with E-state index in [1.807, 2.05) is 6.26 Å². The van der Waals surface area contributed by atoms with E-state index in [0.717, 1.165) is 23.1 Å². The van der Waals surface area contributed by atoms with Gasteiger partial charge in [-0.3, -0.25) is 0 Å².